The number of thiazole rings is 1. The molecular weight excluding hydrogens is 414 g/mol. The van der Waals surface area contributed by atoms with Crippen LogP contribution < -0.4 is 14.8 Å². The third-order valence-corrected chi connectivity index (χ3v) is 5.34. The molecule has 11 heteroatoms. The second kappa shape index (κ2) is 8.33. The van der Waals surface area contributed by atoms with Crippen molar-refractivity contribution in [2.45, 2.75) is 6.42 Å². The number of benzene rings is 2. The molecule has 0 bridgehead atoms. The van der Waals surface area contributed by atoms with Crippen LogP contribution in [0.5, 0.6) is 11.5 Å². The molecule has 10 nitrogen and oxygen atoms in total. The zero-order valence-corrected chi connectivity index (χ0v) is 16.3. The number of hydrogen-bond donors (Lipinski definition) is 1. The lowest BCUT2D eigenvalue weighted by Crippen LogP contribution is -2.30. The number of carbonyl (C=O) groups is 2. The number of fused-ring (bicyclic) bond motifs is 2. The van der Waals surface area contributed by atoms with Crippen LogP contribution in [0.3, 0.4) is 0 Å². The first-order chi connectivity index (χ1) is 14.5. The van der Waals surface area contributed by atoms with Gasteiger partial charge in [-0.3, -0.25) is 14.9 Å². The van der Waals surface area contributed by atoms with Gasteiger partial charge in [0.05, 0.1) is 26.2 Å². The van der Waals surface area contributed by atoms with Crippen LogP contribution >= 0.6 is 11.3 Å². The zero-order valence-electron chi connectivity index (χ0n) is 15.5. The molecule has 1 aromatic heterocycles. The van der Waals surface area contributed by atoms with Gasteiger partial charge in [0.25, 0.3) is 11.6 Å². The number of aromatic nitrogens is 1. The van der Waals surface area contributed by atoms with Crippen LogP contribution in [0.1, 0.15) is 15.4 Å². The molecule has 3 aromatic rings. The fraction of sp³-hybridized carbons (Fsp3) is 0.211. The summed E-state index contributed by atoms with van der Waals surface area (Å²) in [6, 6.07) is 10.0. The summed E-state index contributed by atoms with van der Waals surface area (Å²) in [5.41, 5.74) is 0.107. The molecule has 0 unspecified atom stereocenters. The van der Waals surface area contributed by atoms with Crippen molar-refractivity contribution in [2.75, 3.05) is 19.9 Å². The lowest BCUT2D eigenvalue weighted by atomic mass is 10.1. The lowest BCUT2D eigenvalue weighted by molar-refractivity contribution is -0.385. The molecule has 4 rings (SSSR count). The zero-order chi connectivity index (χ0) is 21.1. The van der Waals surface area contributed by atoms with Crippen LogP contribution in [0, 0.1) is 10.1 Å². The Balaban J connectivity index is 1.30. The Morgan fingerprint density at radius 2 is 2.00 bits per heavy atom. The molecule has 0 radical (unpaired) electrons. The van der Waals surface area contributed by atoms with Crippen LogP contribution in [0.2, 0.25) is 0 Å². The smallest absolute Gasteiger partial charge is 0.345 e. The Kier molecular flexibility index (Phi) is 5.44. The number of nitro groups is 1. The average molecular weight is 429 g/mol. The Hall–Kier alpha value is -3.73. The molecule has 1 aliphatic rings. The average Bonchev–Trinajstić information content (AvgIpc) is 3.36. The van der Waals surface area contributed by atoms with E-state index >= 15 is 0 Å². The Labute approximate surface area is 173 Å². The molecule has 2 heterocycles. The quantitative estimate of drug-likeness (QED) is 0.344. The highest BCUT2D eigenvalue weighted by molar-refractivity contribution is 7.18. The number of hydrogen-bond acceptors (Lipinski definition) is 9. The molecule has 0 saturated carbocycles. The number of esters is 1. The molecule has 0 aliphatic carbocycles. The van der Waals surface area contributed by atoms with Crippen molar-refractivity contribution in [3.05, 3.63) is 57.1 Å². The van der Waals surface area contributed by atoms with E-state index in [2.05, 4.69) is 10.3 Å². The summed E-state index contributed by atoms with van der Waals surface area (Å²) in [4.78, 5) is 39.2. The predicted molar refractivity (Wildman–Crippen MR) is 106 cm³/mol. The molecule has 2 aromatic carbocycles. The topological polar surface area (TPSA) is 130 Å². The van der Waals surface area contributed by atoms with Gasteiger partial charge in [0.2, 0.25) is 6.79 Å². The van der Waals surface area contributed by atoms with Crippen molar-refractivity contribution in [1.82, 2.24) is 10.3 Å². The van der Waals surface area contributed by atoms with Crippen LogP contribution in [0.15, 0.2) is 36.4 Å². The summed E-state index contributed by atoms with van der Waals surface area (Å²) in [7, 11) is 0. The molecule has 1 aliphatic heterocycles. The van der Waals surface area contributed by atoms with E-state index in [-0.39, 0.29) is 23.9 Å². The second-order valence-electron chi connectivity index (χ2n) is 6.23. The van der Waals surface area contributed by atoms with Gasteiger partial charge in [-0.2, -0.15) is 0 Å². The van der Waals surface area contributed by atoms with Crippen molar-refractivity contribution in [3.8, 4) is 11.5 Å². The molecular formula is C19H15N3O7S. The van der Waals surface area contributed by atoms with Crippen LogP contribution in [-0.4, -0.2) is 41.7 Å². The van der Waals surface area contributed by atoms with Gasteiger partial charge >= 0.3 is 5.97 Å². The van der Waals surface area contributed by atoms with Crippen molar-refractivity contribution in [1.29, 1.82) is 0 Å². The summed E-state index contributed by atoms with van der Waals surface area (Å²) in [6.07, 6.45) is 0.534. The van der Waals surface area contributed by atoms with Gasteiger partial charge in [0.15, 0.2) is 18.1 Å². The van der Waals surface area contributed by atoms with Gasteiger partial charge in [-0.05, 0) is 12.1 Å². The highest BCUT2D eigenvalue weighted by Gasteiger charge is 2.28. The Bertz CT molecular complexity index is 1110. The number of ether oxygens (including phenoxy) is 3. The third kappa shape index (κ3) is 4.15. The van der Waals surface area contributed by atoms with Crippen LogP contribution in [-0.2, 0) is 16.0 Å². The van der Waals surface area contributed by atoms with E-state index < -0.39 is 29.1 Å². The summed E-state index contributed by atoms with van der Waals surface area (Å²) in [5.74, 6) is -1.15. The van der Waals surface area contributed by atoms with Gasteiger partial charge in [-0.1, -0.05) is 12.1 Å². The first kappa shape index (κ1) is 19.6. The minimum absolute atomic E-state index is 0.0952. The molecule has 1 N–H and O–H groups in total. The fourth-order valence-corrected chi connectivity index (χ4v) is 3.81. The predicted octanol–water partition coefficient (Wildman–Crippen LogP) is 2.45. The van der Waals surface area contributed by atoms with Gasteiger partial charge < -0.3 is 19.5 Å². The van der Waals surface area contributed by atoms with Crippen molar-refractivity contribution in [2.24, 2.45) is 0 Å². The molecule has 30 heavy (non-hydrogen) atoms. The molecule has 0 fully saturated rings. The first-order valence-corrected chi connectivity index (χ1v) is 9.69. The van der Waals surface area contributed by atoms with Gasteiger partial charge in [0, 0.05) is 19.0 Å². The molecule has 154 valence electrons. The Morgan fingerprint density at radius 1 is 1.23 bits per heavy atom. The van der Waals surface area contributed by atoms with E-state index in [0.717, 1.165) is 21.3 Å². The number of carbonyl (C=O) groups excluding carboxylic acids is 2. The highest BCUT2D eigenvalue weighted by atomic mass is 32.1. The number of amides is 1. The number of nitrogens with zero attached hydrogens (tertiary/aromatic N) is 2. The highest BCUT2D eigenvalue weighted by Crippen LogP contribution is 2.38. The van der Waals surface area contributed by atoms with Crippen LogP contribution in [0.4, 0.5) is 5.69 Å². The first-order valence-electron chi connectivity index (χ1n) is 8.87. The van der Waals surface area contributed by atoms with E-state index in [1.165, 1.54) is 6.07 Å². The molecule has 0 atom stereocenters. The summed E-state index contributed by atoms with van der Waals surface area (Å²) >= 11 is 1.54. The van der Waals surface area contributed by atoms with Gasteiger partial charge in [-0.15, -0.1) is 11.3 Å². The summed E-state index contributed by atoms with van der Waals surface area (Å²) < 4.78 is 16.2. The minimum atomic E-state index is -0.999. The molecule has 0 spiro atoms. The Morgan fingerprint density at radius 3 is 2.77 bits per heavy atom. The monoisotopic (exact) mass is 429 g/mol. The standard InChI is InChI=1S/C19H15N3O7S/c23-17(20-6-5-18-21-12-3-1-2-4-16(12)30-18)9-27-19(24)11-7-14-15(29-10-28-14)8-13(11)22(25)26/h1-4,7-8H,5-6,9-10H2,(H,20,23). The number of para-hydroxylation sites is 1. The van der Waals surface area contributed by atoms with Crippen molar-refractivity contribution in [3.63, 3.8) is 0 Å². The number of nitro benzene ring substituents is 1. The maximum atomic E-state index is 12.3. The number of rotatable bonds is 7. The van der Waals surface area contributed by atoms with E-state index in [4.69, 9.17) is 14.2 Å². The fourth-order valence-electron chi connectivity index (χ4n) is 2.84. The van der Waals surface area contributed by atoms with E-state index in [1.54, 1.807) is 11.3 Å². The third-order valence-electron chi connectivity index (χ3n) is 4.24. The molecule has 1 amide bonds. The summed E-state index contributed by atoms with van der Waals surface area (Å²) in [5, 5.41) is 14.7. The van der Waals surface area contributed by atoms with Crippen molar-refractivity contribution >= 4 is 39.1 Å². The molecule has 0 saturated heterocycles. The van der Waals surface area contributed by atoms with Crippen LogP contribution in [0.25, 0.3) is 10.2 Å². The minimum Gasteiger partial charge on any atom is -0.454 e. The van der Waals surface area contributed by atoms with Gasteiger partial charge in [-0.25, -0.2) is 9.78 Å². The normalized spacial score (nSPS) is 12.0. The lowest BCUT2D eigenvalue weighted by Gasteiger charge is -2.07. The maximum Gasteiger partial charge on any atom is 0.345 e. The maximum absolute atomic E-state index is 12.3. The largest absolute Gasteiger partial charge is 0.454 e. The van der Waals surface area contributed by atoms with Crippen molar-refractivity contribution < 1.29 is 28.7 Å². The second-order valence-corrected chi connectivity index (χ2v) is 7.35. The van der Waals surface area contributed by atoms with E-state index in [0.29, 0.717) is 13.0 Å². The summed E-state index contributed by atoms with van der Waals surface area (Å²) in [6.45, 7) is -0.341. The van der Waals surface area contributed by atoms with Gasteiger partial charge in [0.1, 0.15) is 5.56 Å². The number of nitrogens with one attached hydrogen (secondary N) is 1. The SMILES string of the molecule is O=C(COC(=O)c1cc2c(cc1[N+](=O)[O-])OCO2)NCCc1nc2ccccc2s1. The van der Waals surface area contributed by atoms with E-state index in [1.807, 2.05) is 24.3 Å². The van der Waals surface area contributed by atoms with E-state index in [9.17, 15) is 19.7 Å².